The van der Waals surface area contributed by atoms with Crippen LogP contribution >= 0.6 is 23.2 Å². The van der Waals surface area contributed by atoms with Crippen molar-refractivity contribution in [3.05, 3.63) is 70.2 Å². The highest BCUT2D eigenvalue weighted by atomic mass is 35.5. The van der Waals surface area contributed by atoms with Crippen LogP contribution in [-0.4, -0.2) is 5.88 Å². The smallest absolute Gasteiger partial charge is 0.124 e. The van der Waals surface area contributed by atoms with E-state index in [9.17, 15) is 8.78 Å². The van der Waals surface area contributed by atoms with Gasteiger partial charge in [-0.25, -0.2) is 8.78 Å². The van der Waals surface area contributed by atoms with Crippen molar-refractivity contribution in [1.82, 2.24) is 0 Å². The van der Waals surface area contributed by atoms with Crippen molar-refractivity contribution in [2.24, 2.45) is 5.92 Å². The van der Waals surface area contributed by atoms with Crippen molar-refractivity contribution in [3.63, 3.8) is 0 Å². The van der Waals surface area contributed by atoms with Crippen molar-refractivity contribution >= 4 is 23.2 Å². The molecule has 2 aromatic rings. The first kappa shape index (κ1) is 15.3. The Morgan fingerprint density at radius 1 is 0.900 bits per heavy atom. The number of alkyl halides is 1. The Kier molecular flexibility index (Phi) is 5.38. The first-order valence-electron chi connectivity index (χ1n) is 6.33. The molecule has 0 bridgehead atoms. The first-order valence-corrected chi connectivity index (χ1v) is 7.24. The van der Waals surface area contributed by atoms with Gasteiger partial charge in [0.25, 0.3) is 0 Å². The van der Waals surface area contributed by atoms with Gasteiger partial charge in [0.2, 0.25) is 0 Å². The van der Waals surface area contributed by atoms with Crippen molar-refractivity contribution < 1.29 is 8.78 Å². The Hall–Kier alpha value is -1.12. The average molecular weight is 315 g/mol. The first-order chi connectivity index (χ1) is 9.58. The second-order valence-corrected chi connectivity index (χ2v) is 5.51. The van der Waals surface area contributed by atoms with E-state index >= 15 is 0 Å². The molecule has 0 aliphatic carbocycles. The Bertz CT molecular complexity index is 567. The third-order valence-electron chi connectivity index (χ3n) is 3.18. The number of rotatable bonds is 5. The molecule has 0 nitrogen and oxygen atoms in total. The summed E-state index contributed by atoms with van der Waals surface area (Å²) < 4.78 is 25.9. The van der Waals surface area contributed by atoms with Crippen molar-refractivity contribution in [2.75, 3.05) is 5.88 Å². The predicted molar refractivity (Wildman–Crippen MR) is 79.4 cm³/mol. The largest absolute Gasteiger partial charge is 0.207 e. The van der Waals surface area contributed by atoms with E-state index < -0.39 is 0 Å². The molecule has 0 heterocycles. The molecule has 0 aromatic heterocycles. The van der Waals surface area contributed by atoms with E-state index in [2.05, 4.69) is 0 Å². The Labute approximate surface area is 127 Å². The summed E-state index contributed by atoms with van der Waals surface area (Å²) in [5.41, 5.74) is 1.90. The van der Waals surface area contributed by atoms with E-state index in [4.69, 9.17) is 23.2 Å². The lowest BCUT2D eigenvalue weighted by atomic mass is 9.94. The number of halogens is 4. The Morgan fingerprint density at radius 2 is 1.55 bits per heavy atom. The van der Waals surface area contributed by atoms with E-state index in [1.165, 1.54) is 24.3 Å². The molecule has 2 aromatic carbocycles. The molecule has 0 N–H and O–H groups in total. The van der Waals surface area contributed by atoms with E-state index in [-0.39, 0.29) is 17.6 Å². The maximum Gasteiger partial charge on any atom is 0.124 e. The van der Waals surface area contributed by atoms with Crippen LogP contribution in [0.2, 0.25) is 5.02 Å². The Morgan fingerprint density at radius 3 is 2.15 bits per heavy atom. The standard InChI is InChI=1S/C16H14Cl2F2/c17-10-12(7-11-1-4-14(19)5-2-11)8-13-3-6-15(20)9-16(13)18/h1-6,9,12H,7-8,10H2. The van der Waals surface area contributed by atoms with Gasteiger partial charge in [-0.3, -0.25) is 0 Å². The lowest BCUT2D eigenvalue weighted by molar-refractivity contribution is 0.578. The quantitative estimate of drug-likeness (QED) is 0.660. The van der Waals surface area contributed by atoms with Gasteiger partial charge in [-0.15, -0.1) is 11.6 Å². The number of hydrogen-bond acceptors (Lipinski definition) is 0. The molecular weight excluding hydrogens is 301 g/mol. The van der Waals surface area contributed by atoms with Crippen LogP contribution in [0.3, 0.4) is 0 Å². The van der Waals surface area contributed by atoms with Crippen molar-refractivity contribution in [3.8, 4) is 0 Å². The van der Waals surface area contributed by atoms with Gasteiger partial charge in [-0.05, 0) is 54.2 Å². The summed E-state index contributed by atoms with van der Waals surface area (Å²) in [5, 5.41) is 0.416. The van der Waals surface area contributed by atoms with Crippen LogP contribution in [0.4, 0.5) is 8.78 Å². The van der Waals surface area contributed by atoms with Gasteiger partial charge in [-0.1, -0.05) is 29.8 Å². The van der Waals surface area contributed by atoms with Gasteiger partial charge < -0.3 is 0 Å². The molecule has 0 aliphatic rings. The highest BCUT2D eigenvalue weighted by Gasteiger charge is 2.12. The zero-order chi connectivity index (χ0) is 14.5. The summed E-state index contributed by atoms with van der Waals surface area (Å²) in [6.45, 7) is 0. The lowest BCUT2D eigenvalue weighted by Crippen LogP contribution is -2.10. The van der Waals surface area contributed by atoms with Gasteiger partial charge in [-0.2, -0.15) is 0 Å². The minimum atomic E-state index is -0.347. The summed E-state index contributed by atoms with van der Waals surface area (Å²) in [6, 6.07) is 10.8. The highest BCUT2D eigenvalue weighted by molar-refractivity contribution is 6.31. The summed E-state index contributed by atoms with van der Waals surface area (Å²) >= 11 is 12.0. The fourth-order valence-corrected chi connectivity index (χ4v) is 2.60. The second kappa shape index (κ2) is 7.05. The molecular formula is C16H14Cl2F2. The summed E-state index contributed by atoms with van der Waals surface area (Å²) in [7, 11) is 0. The van der Waals surface area contributed by atoms with E-state index in [0.717, 1.165) is 17.5 Å². The fraction of sp³-hybridized carbons (Fsp3) is 0.250. The van der Waals surface area contributed by atoms with Crippen molar-refractivity contribution in [1.29, 1.82) is 0 Å². The summed E-state index contributed by atoms with van der Waals surface area (Å²) in [5.74, 6) is 0.0352. The molecule has 0 fully saturated rings. The molecule has 0 saturated heterocycles. The van der Waals surface area contributed by atoms with E-state index in [1.807, 2.05) is 0 Å². The van der Waals surface area contributed by atoms with Gasteiger partial charge in [0.1, 0.15) is 11.6 Å². The molecule has 20 heavy (non-hydrogen) atoms. The zero-order valence-corrected chi connectivity index (χ0v) is 12.3. The molecule has 0 amide bonds. The van der Waals surface area contributed by atoms with Gasteiger partial charge in [0, 0.05) is 10.9 Å². The normalized spacial score (nSPS) is 12.4. The number of benzene rings is 2. The van der Waals surface area contributed by atoms with Gasteiger partial charge in [0.15, 0.2) is 0 Å². The predicted octanol–water partition coefficient (Wildman–Crippen LogP) is 5.26. The minimum Gasteiger partial charge on any atom is -0.207 e. The van der Waals surface area contributed by atoms with Crippen LogP contribution in [0, 0.1) is 17.6 Å². The van der Waals surface area contributed by atoms with E-state index in [1.54, 1.807) is 18.2 Å². The zero-order valence-electron chi connectivity index (χ0n) is 10.8. The highest BCUT2D eigenvalue weighted by Crippen LogP contribution is 2.23. The third-order valence-corrected chi connectivity index (χ3v) is 3.97. The SMILES string of the molecule is Fc1ccc(CC(CCl)Cc2ccc(F)cc2Cl)cc1. The maximum atomic E-state index is 13.0. The third kappa shape index (κ3) is 4.19. The summed E-state index contributed by atoms with van der Waals surface area (Å²) in [6.07, 6.45) is 1.40. The van der Waals surface area contributed by atoms with Crippen LogP contribution in [0.25, 0.3) is 0 Å². The van der Waals surface area contributed by atoms with Crippen LogP contribution < -0.4 is 0 Å². The molecule has 1 unspecified atom stereocenters. The van der Waals surface area contributed by atoms with Gasteiger partial charge in [0.05, 0.1) is 0 Å². The maximum absolute atomic E-state index is 13.0. The molecule has 0 aliphatic heterocycles. The molecule has 1 atom stereocenters. The van der Waals surface area contributed by atoms with Crippen molar-refractivity contribution in [2.45, 2.75) is 12.8 Å². The fourth-order valence-electron chi connectivity index (χ4n) is 2.13. The average Bonchev–Trinajstić information content (AvgIpc) is 2.43. The van der Waals surface area contributed by atoms with Crippen LogP contribution in [0.1, 0.15) is 11.1 Å². The van der Waals surface area contributed by atoms with Crippen LogP contribution in [0.5, 0.6) is 0 Å². The molecule has 0 spiro atoms. The topological polar surface area (TPSA) is 0 Å². The molecule has 106 valence electrons. The molecule has 0 radical (unpaired) electrons. The summed E-state index contributed by atoms with van der Waals surface area (Å²) in [4.78, 5) is 0. The minimum absolute atomic E-state index is 0.171. The second-order valence-electron chi connectivity index (χ2n) is 4.79. The lowest BCUT2D eigenvalue weighted by Gasteiger charge is -2.15. The molecule has 2 rings (SSSR count). The van der Waals surface area contributed by atoms with Crippen LogP contribution in [0.15, 0.2) is 42.5 Å². The van der Waals surface area contributed by atoms with Crippen LogP contribution in [-0.2, 0) is 12.8 Å². The molecule has 0 saturated carbocycles. The molecule has 4 heteroatoms. The van der Waals surface area contributed by atoms with Gasteiger partial charge >= 0.3 is 0 Å². The monoisotopic (exact) mass is 314 g/mol. The Balaban J connectivity index is 2.07. The number of hydrogen-bond donors (Lipinski definition) is 0. The van der Waals surface area contributed by atoms with E-state index in [0.29, 0.717) is 17.3 Å².